The fourth-order valence-electron chi connectivity index (χ4n) is 2.02. The second kappa shape index (κ2) is 7.95. The van der Waals surface area contributed by atoms with E-state index in [1.807, 2.05) is 45.2 Å². The van der Waals surface area contributed by atoms with Crippen LogP contribution >= 0.6 is 0 Å². The number of unbranched alkanes of at least 4 members (excludes halogenated alkanes) is 1. The van der Waals surface area contributed by atoms with E-state index in [1.54, 1.807) is 0 Å². The van der Waals surface area contributed by atoms with Crippen LogP contribution in [0.2, 0.25) is 0 Å². The zero-order valence-corrected chi connectivity index (χ0v) is 12.4. The molecule has 0 unspecified atom stereocenters. The molecule has 0 saturated heterocycles. The van der Waals surface area contributed by atoms with Crippen molar-refractivity contribution < 1.29 is 9.53 Å². The lowest BCUT2D eigenvalue weighted by Crippen LogP contribution is -2.16. The number of ether oxygens (including phenoxy) is 1. The quantitative estimate of drug-likeness (QED) is 0.762. The Morgan fingerprint density at radius 2 is 1.89 bits per heavy atom. The van der Waals surface area contributed by atoms with E-state index in [4.69, 9.17) is 4.74 Å². The van der Waals surface area contributed by atoms with Crippen LogP contribution in [0.3, 0.4) is 0 Å². The van der Waals surface area contributed by atoms with Crippen molar-refractivity contribution in [2.45, 2.75) is 52.2 Å². The molecule has 1 aromatic rings. The van der Waals surface area contributed by atoms with Crippen molar-refractivity contribution in [3.8, 4) is 0 Å². The first kappa shape index (κ1) is 15.7. The zero-order valence-electron chi connectivity index (χ0n) is 12.4. The molecule has 19 heavy (non-hydrogen) atoms. The number of nitrogens with one attached hydrogen (secondary N) is 1. The topological polar surface area (TPSA) is 38.3 Å². The number of esters is 1. The molecule has 0 aliphatic carbocycles. The van der Waals surface area contributed by atoms with Gasteiger partial charge < -0.3 is 10.1 Å². The molecule has 1 N–H and O–H groups in total. The molecule has 0 aliphatic rings. The molecule has 1 atom stereocenters. The fourth-order valence-corrected chi connectivity index (χ4v) is 2.02. The number of benzene rings is 1. The Morgan fingerprint density at radius 3 is 2.37 bits per heavy atom. The van der Waals surface area contributed by atoms with Gasteiger partial charge in [0.05, 0.1) is 11.7 Å². The van der Waals surface area contributed by atoms with Crippen molar-refractivity contribution in [1.29, 1.82) is 0 Å². The van der Waals surface area contributed by atoms with Gasteiger partial charge in [0, 0.05) is 6.04 Å². The van der Waals surface area contributed by atoms with Gasteiger partial charge in [-0.1, -0.05) is 31.9 Å². The maximum absolute atomic E-state index is 11.7. The zero-order chi connectivity index (χ0) is 14.3. The summed E-state index contributed by atoms with van der Waals surface area (Å²) >= 11 is 0. The van der Waals surface area contributed by atoms with Crippen LogP contribution in [-0.2, 0) is 4.74 Å². The van der Waals surface area contributed by atoms with Crippen molar-refractivity contribution in [2.75, 3.05) is 7.05 Å². The highest BCUT2D eigenvalue weighted by Crippen LogP contribution is 2.19. The van der Waals surface area contributed by atoms with E-state index in [0.29, 0.717) is 11.6 Å². The molecular weight excluding hydrogens is 238 g/mol. The van der Waals surface area contributed by atoms with Gasteiger partial charge in [-0.05, 0) is 45.0 Å². The molecule has 1 aromatic carbocycles. The van der Waals surface area contributed by atoms with Gasteiger partial charge in [0.25, 0.3) is 0 Å². The minimum absolute atomic E-state index is 0.0817. The largest absolute Gasteiger partial charge is 0.459 e. The molecule has 106 valence electrons. The summed E-state index contributed by atoms with van der Waals surface area (Å²) in [5.74, 6) is -0.254. The van der Waals surface area contributed by atoms with Crippen molar-refractivity contribution in [2.24, 2.45) is 0 Å². The SMILES string of the molecule is CCCC[C@@H](NC)c1ccc(C(=O)OC(C)C)cc1. The summed E-state index contributed by atoms with van der Waals surface area (Å²) in [6, 6.07) is 8.06. The Kier molecular flexibility index (Phi) is 6.57. The predicted octanol–water partition coefficient (Wildman–Crippen LogP) is 3.70. The second-order valence-corrected chi connectivity index (χ2v) is 5.06. The summed E-state index contributed by atoms with van der Waals surface area (Å²) in [5.41, 5.74) is 1.83. The van der Waals surface area contributed by atoms with E-state index >= 15 is 0 Å². The fraction of sp³-hybridized carbons (Fsp3) is 0.562. The summed E-state index contributed by atoms with van der Waals surface area (Å²) in [6.45, 7) is 5.90. The maximum atomic E-state index is 11.7. The summed E-state index contributed by atoms with van der Waals surface area (Å²) < 4.78 is 5.17. The predicted molar refractivity (Wildman–Crippen MR) is 78.3 cm³/mol. The molecule has 0 radical (unpaired) electrons. The van der Waals surface area contributed by atoms with Gasteiger partial charge in [-0.2, -0.15) is 0 Å². The summed E-state index contributed by atoms with van der Waals surface area (Å²) in [6.07, 6.45) is 3.42. The lowest BCUT2D eigenvalue weighted by atomic mass is 10.00. The van der Waals surface area contributed by atoms with Gasteiger partial charge in [-0.25, -0.2) is 4.79 Å². The van der Waals surface area contributed by atoms with Crippen LogP contribution in [-0.4, -0.2) is 19.1 Å². The Hall–Kier alpha value is -1.35. The maximum Gasteiger partial charge on any atom is 0.338 e. The Balaban J connectivity index is 2.71. The van der Waals surface area contributed by atoms with Gasteiger partial charge in [-0.3, -0.25) is 0 Å². The van der Waals surface area contributed by atoms with Crippen LogP contribution in [0.15, 0.2) is 24.3 Å². The van der Waals surface area contributed by atoms with Gasteiger partial charge in [0.2, 0.25) is 0 Å². The van der Waals surface area contributed by atoms with Crippen LogP contribution in [0.25, 0.3) is 0 Å². The van der Waals surface area contributed by atoms with Crippen molar-refractivity contribution in [1.82, 2.24) is 5.32 Å². The molecule has 3 nitrogen and oxygen atoms in total. The average molecular weight is 263 g/mol. The lowest BCUT2D eigenvalue weighted by Gasteiger charge is -2.16. The number of hydrogen-bond acceptors (Lipinski definition) is 3. The molecule has 0 heterocycles. The van der Waals surface area contributed by atoms with Gasteiger partial charge in [0.1, 0.15) is 0 Å². The van der Waals surface area contributed by atoms with E-state index in [1.165, 1.54) is 18.4 Å². The Labute approximate surface area is 116 Å². The minimum Gasteiger partial charge on any atom is -0.459 e. The van der Waals surface area contributed by atoms with Gasteiger partial charge in [-0.15, -0.1) is 0 Å². The lowest BCUT2D eigenvalue weighted by molar-refractivity contribution is 0.0378. The highest BCUT2D eigenvalue weighted by Gasteiger charge is 2.12. The summed E-state index contributed by atoms with van der Waals surface area (Å²) in [7, 11) is 1.97. The smallest absolute Gasteiger partial charge is 0.338 e. The Morgan fingerprint density at radius 1 is 1.26 bits per heavy atom. The molecule has 0 amide bonds. The number of rotatable bonds is 7. The monoisotopic (exact) mass is 263 g/mol. The first-order chi connectivity index (χ1) is 9.08. The van der Waals surface area contributed by atoms with Crippen molar-refractivity contribution in [3.63, 3.8) is 0 Å². The number of carbonyl (C=O) groups excluding carboxylic acids is 1. The molecule has 0 saturated carbocycles. The standard InChI is InChI=1S/C16H25NO2/c1-5-6-7-15(17-4)13-8-10-14(11-9-13)16(18)19-12(2)3/h8-12,15,17H,5-7H2,1-4H3/t15-/m1/s1. The Bertz CT molecular complexity index is 384. The van der Waals surface area contributed by atoms with Crippen molar-refractivity contribution >= 4 is 5.97 Å². The van der Waals surface area contributed by atoms with Crippen LogP contribution < -0.4 is 5.32 Å². The van der Waals surface area contributed by atoms with E-state index in [-0.39, 0.29) is 12.1 Å². The summed E-state index contributed by atoms with van der Waals surface area (Å²) in [5, 5.41) is 3.32. The normalized spacial score (nSPS) is 12.5. The number of hydrogen-bond donors (Lipinski definition) is 1. The third kappa shape index (κ3) is 5.03. The first-order valence-corrected chi connectivity index (χ1v) is 7.06. The molecule has 0 aliphatic heterocycles. The molecular formula is C16H25NO2. The highest BCUT2D eigenvalue weighted by molar-refractivity contribution is 5.89. The molecule has 0 aromatic heterocycles. The molecule has 3 heteroatoms. The van der Waals surface area contributed by atoms with Crippen LogP contribution in [0.5, 0.6) is 0 Å². The molecule has 0 bridgehead atoms. The van der Waals surface area contributed by atoms with Gasteiger partial charge >= 0.3 is 5.97 Å². The highest BCUT2D eigenvalue weighted by atomic mass is 16.5. The molecule has 1 rings (SSSR count). The molecule has 0 fully saturated rings. The summed E-state index contributed by atoms with van der Waals surface area (Å²) in [4.78, 5) is 11.7. The van der Waals surface area contributed by atoms with Crippen LogP contribution in [0.4, 0.5) is 0 Å². The average Bonchev–Trinajstić information content (AvgIpc) is 2.39. The van der Waals surface area contributed by atoms with Gasteiger partial charge in [0.15, 0.2) is 0 Å². The van der Waals surface area contributed by atoms with E-state index in [2.05, 4.69) is 12.2 Å². The van der Waals surface area contributed by atoms with Crippen LogP contribution in [0, 0.1) is 0 Å². The second-order valence-electron chi connectivity index (χ2n) is 5.06. The van der Waals surface area contributed by atoms with Crippen molar-refractivity contribution in [3.05, 3.63) is 35.4 Å². The van der Waals surface area contributed by atoms with Crippen LogP contribution in [0.1, 0.15) is 62.0 Å². The molecule has 0 spiro atoms. The third-order valence-electron chi connectivity index (χ3n) is 3.09. The van der Waals surface area contributed by atoms with E-state index < -0.39 is 0 Å². The van der Waals surface area contributed by atoms with E-state index in [0.717, 1.165) is 6.42 Å². The number of carbonyl (C=O) groups is 1. The minimum atomic E-state index is -0.254. The first-order valence-electron chi connectivity index (χ1n) is 7.06. The third-order valence-corrected chi connectivity index (χ3v) is 3.09. The van der Waals surface area contributed by atoms with E-state index in [9.17, 15) is 4.79 Å².